The van der Waals surface area contributed by atoms with Crippen LogP contribution >= 0.6 is 0 Å². The summed E-state index contributed by atoms with van der Waals surface area (Å²) in [6.45, 7) is 6.93. The van der Waals surface area contributed by atoms with E-state index in [1.54, 1.807) is 0 Å². The number of hydrogen-bond donors (Lipinski definition) is 1. The lowest BCUT2D eigenvalue weighted by Gasteiger charge is -2.22. The lowest BCUT2D eigenvalue weighted by Crippen LogP contribution is -2.17. The quantitative estimate of drug-likeness (QED) is 0.482. The predicted molar refractivity (Wildman–Crippen MR) is 50.7 cm³/mol. The zero-order valence-corrected chi connectivity index (χ0v) is 8.58. The van der Waals surface area contributed by atoms with Crippen molar-refractivity contribution in [3.63, 3.8) is 0 Å². The standard InChI is InChI=1S/C10H20O3/c1-10(2,3-5-11)4-6-12-7-9-8-13-9/h9,11H,3-8H2,1-2H3. The molecule has 3 heteroatoms. The van der Waals surface area contributed by atoms with E-state index >= 15 is 0 Å². The number of epoxide rings is 1. The molecule has 0 aromatic heterocycles. The number of aliphatic hydroxyl groups excluding tert-OH is 1. The number of ether oxygens (including phenoxy) is 2. The summed E-state index contributed by atoms with van der Waals surface area (Å²) < 4.78 is 10.5. The Labute approximate surface area is 80.0 Å². The maximum atomic E-state index is 8.80. The second-order valence-corrected chi connectivity index (χ2v) is 4.42. The SMILES string of the molecule is CC(C)(CCO)CCOCC1CO1. The Morgan fingerprint density at radius 2 is 2.15 bits per heavy atom. The molecule has 1 rings (SSSR count). The Kier molecular flexibility index (Phi) is 4.16. The van der Waals surface area contributed by atoms with Gasteiger partial charge in [-0.25, -0.2) is 0 Å². The zero-order valence-electron chi connectivity index (χ0n) is 8.58. The van der Waals surface area contributed by atoms with Crippen LogP contribution in [0.3, 0.4) is 0 Å². The fourth-order valence-electron chi connectivity index (χ4n) is 1.16. The van der Waals surface area contributed by atoms with Crippen LogP contribution in [0.15, 0.2) is 0 Å². The van der Waals surface area contributed by atoms with Gasteiger partial charge in [0.25, 0.3) is 0 Å². The molecule has 0 amide bonds. The maximum absolute atomic E-state index is 8.80. The summed E-state index contributed by atoms with van der Waals surface area (Å²) in [5.74, 6) is 0. The highest BCUT2D eigenvalue weighted by Crippen LogP contribution is 2.24. The van der Waals surface area contributed by atoms with Crippen LogP contribution in [0.4, 0.5) is 0 Å². The van der Waals surface area contributed by atoms with Crippen molar-refractivity contribution >= 4 is 0 Å². The van der Waals surface area contributed by atoms with Gasteiger partial charge < -0.3 is 14.6 Å². The van der Waals surface area contributed by atoms with E-state index in [1.807, 2.05) is 0 Å². The Hall–Kier alpha value is -0.120. The lowest BCUT2D eigenvalue weighted by molar-refractivity contribution is 0.0826. The lowest BCUT2D eigenvalue weighted by atomic mass is 9.86. The van der Waals surface area contributed by atoms with Gasteiger partial charge in [-0.15, -0.1) is 0 Å². The molecule has 1 heterocycles. The molecule has 1 aliphatic rings. The van der Waals surface area contributed by atoms with Crippen molar-refractivity contribution in [2.75, 3.05) is 26.4 Å². The summed E-state index contributed by atoms with van der Waals surface area (Å²) in [5.41, 5.74) is 0.194. The summed E-state index contributed by atoms with van der Waals surface area (Å²) in [7, 11) is 0. The van der Waals surface area contributed by atoms with Gasteiger partial charge in [0.05, 0.1) is 13.2 Å². The minimum absolute atomic E-state index is 0.194. The first-order valence-electron chi connectivity index (χ1n) is 4.94. The molecule has 0 radical (unpaired) electrons. The van der Waals surface area contributed by atoms with Gasteiger partial charge in [-0.3, -0.25) is 0 Å². The largest absolute Gasteiger partial charge is 0.396 e. The molecular weight excluding hydrogens is 168 g/mol. The van der Waals surface area contributed by atoms with Crippen LogP contribution in [0.5, 0.6) is 0 Å². The van der Waals surface area contributed by atoms with Crippen LogP contribution < -0.4 is 0 Å². The Morgan fingerprint density at radius 1 is 1.46 bits per heavy atom. The molecule has 1 aliphatic heterocycles. The highest BCUT2D eigenvalue weighted by molar-refractivity contribution is 4.69. The van der Waals surface area contributed by atoms with Crippen LogP contribution in [0.1, 0.15) is 26.7 Å². The van der Waals surface area contributed by atoms with Crippen LogP contribution in [0.25, 0.3) is 0 Å². The van der Waals surface area contributed by atoms with Crippen LogP contribution in [0, 0.1) is 5.41 Å². The van der Waals surface area contributed by atoms with Gasteiger partial charge in [-0.1, -0.05) is 13.8 Å². The van der Waals surface area contributed by atoms with Crippen LogP contribution in [-0.2, 0) is 9.47 Å². The second-order valence-electron chi connectivity index (χ2n) is 4.42. The first-order chi connectivity index (χ1) is 6.14. The molecule has 1 unspecified atom stereocenters. The molecule has 1 fully saturated rings. The normalized spacial score (nSPS) is 21.9. The van der Waals surface area contributed by atoms with Crippen LogP contribution in [0.2, 0.25) is 0 Å². The third-order valence-corrected chi connectivity index (χ3v) is 2.42. The first kappa shape index (κ1) is 11.0. The van der Waals surface area contributed by atoms with E-state index in [0.717, 1.165) is 32.7 Å². The monoisotopic (exact) mass is 188 g/mol. The van der Waals surface area contributed by atoms with Crippen molar-refractivity contribution < 1.29 is 14.6 Å². The number of rotatable bonds is 7. The van der Waals surface area contributed by atoms with E-state index in [1.165, 1.54) is 0 Å². The van der Waals surface area contributed by atoms with Crippen molar-refractivity contribution in [2.45, 2.75) is 32.8 Å². The van der Waals surface area contributed by atoms with Crippen molar-refractivity contribution in [1.82, 2.24) is 0 Å². The molecule has 78 valence electrons. The van der Waals surface area contributed by atoms with Crippen molar-refractivity contribution in [1.29, 1.82) is 0 Å². The molecular formula is C10H20O3. The molecule has 1 N–H and O–H groups in total. The van der Waals surface area contributed by atoms with Gasteiger partial charge >= 0.3 is 0 Å². The molecule has 0 aliphatic carbocycles. The van der Waals surface area contributed by atoms with Gasteiger partial charge in [0.2, 0.25) is 0 Å². The summed E-state index contributed by atoms with van der Waals surface area (Å²) >= 11 is 0. The van der Waals surface area contributed by atoms with Crippen molar-refractivity contribution in [3.05, 3.63) is 0 Å². The summed E-state index contributed by atoms with van der Waals surface area (Å²) in [6, 6.07) is 0. The van der Waals surface area contributed by atoms with Gasteiger partial charge in [0, 0.05) is 13.2 Å². The molecule has 0 spiro atoms. The van der Waals surface area contributed by atoms with Gasteiger partial charge in [0.15, 0.2) is 0 Å². The maximum Gasteiger partial charge on any atom is 0.104 e. The number of hydrogen-bond acceptors (Lipinski definition) is 3. The van der Waals surface area contributed by atoms with E-state index in [0.29, 0.717) is 6.10 Å². The highest BCUT2D eigenvalue weighted by Gasteiger charge is 2.23. The minimum atomic E-state index is 0.194. The predicted octanol–water partition coefficient (Wildman–Crippen LogP) is 1.20. The number of aliphatic hydroxyl groups is 1. The van der Waals surface area contributed by atoms with E-state index in [2.05, 4.69) is 13.8 Å². The molecule has 3 nitrogen and oxygen atoms in total. The fraction of sp³-hybridized carbons (Fsp3) is 1.00. The summed E-state index contributed by atoms with van der Waals surface area (Å²) in [5, 5.41) is 8.80. The average molecular weight is 188 g/mol. The topological polar surface area (TPSA) is 42.0 Å². The van der Waals surface area contributed by atoms with E-state index < -0.39 is 0 Å². The summed E-state index contributed by atoms with van der Waals surface area (Å²) in [6.07, 6.45) is 2.21. The van der Waals surface area contributed by atoms with Gasteiger partial charge in [-0.2, -0.15) is 0 Å². The zero-order chi connectivity index (χ0) is 9.73. The minimum Gasteiger partial charge on any atom is -0.396 e. The average Bonchev–Trinajstić information content (AvgIpc) is 2.81. The molecule has 0 aromatic carbocycles. The van der Waals surface area contributed by atoms with Crippen LogP contribution in [-0.4, -0.2) is 37.6 Å². The third kappa shape index (κ3) is 5.24. The molecule has 0 bridgehead atoms. The second kappa shape index (κ2) is 4.94. The molecule has 0 aromatic rings. The van der Waals surface area contributed by atoms with Gasteiger partial charge in [0.1, 0.15) is 6.10 Å². The van der Waals surface area contributed by atoms with E-state index in [-0.39, 0.29) is 12.0 Å². The molecule has 0 saturated carbocycles. The highest BCUT2D eigenvalue weighted by atomic mass is 16.6. The van der Waals surface area contributed by atoms with E-state index in [4.69, 9.17) is 14.6 Å². The Balaban J connectivity index is 1.95. The molecule has 1 saturated heterocycles. The molecule has 13 heavy (non-hydrogen) atoms. The molecule has 1 atom stereocenters. The van der Waals surface area contributed by atoms with E-state index in [9.17, 15) is 0 Å². The van der Waals surface area contributed by atoms with Crippen molar-refractivity contribution in [2.24, 2.45) is 5.41 Å². The Bertz CT molecular complexity index is 141. The summed E-state index contributed by atoms with van der Waals surface area (Å²) in [4.78, 5) is 0. The van der Waals surface area contributed by atoms with Gasteiger partial charge in [-0.05, 0) is 18.3 Å². The fourth-order valence-corrected chi connectivity index (χ4v) is 1.16. The van der Waals surface area contributed by atoms with Crippen molar-refractivity contribution in [3.8, 4) is 0 Å². The Morgan fingerprint density at radius 3 is 2.69 bits per heavy atom. The smallest absolute Gasteiger partial charge is 0.104 e. The first-order valence-corrected chi connectivity index (χ1v) is 4.94. The third-order valence-electron chi connectivity index (χ3n) is 2.42.